The van der Waals surface area contributed by atoms with Gasteiger partial charge in [0.05, 0.1) is 0 Å². The zero-order valence-corrected chi connectivity index (χ0v) is 36.2. The van der Waals surface area contributed by atoms with E-state index in [2.05, 4.69) is 0 Å². The van der Waals surface area contributed by atoms with Crippen molar-refractivity contribution in [3.05, 3.63) is 0 Å². The van der Waals surface area contributed by atoms with Crippen LogP contribution >= 0.6 is 45.6 Å². The summed E-state index contributed by atoms with van der Waals surface area (Å²) in [6.45, 7) is 0.394. The zero-order valence-electron chi connectivity index (χ0n) is 30.8. The van der Waals surface area contributed by atoms with Crippen LogP contribution in [0.15, 0.2) is 0 Å². The lowest BCUT2D eigenvalue weighted by Gasteiger charge is -2.36. The van der Waals surface area contributed by atoms with E-state index in [9.17, 15) is 107 Å². The summed E-state index contributed by atoms with van der Waals surface area (Å²) >= 11 is 0. The summed E-state index contributed by atoms with van der Waals surface area (Å²) in [5.74, 6) is 0. The van der Waals surface area contributed by atoms with Crippen molar-refractivity contribution in [2.45, 2.75) is 73.2 Å². The lowest BCUT2D eigenvalue weighted by Crippen LogP contribution is -2.44. The molecule has 1 rings (SSSR count). The Labute approximate surface area is 323 Å². The van der Waals surface area contributed by atoms with Crippen molar-refractivity contribution in [3.8, 4) is 0 Å². The molecule has 2 atom stereocenters. The van der Waals surface area contributed by atoms with E-state index in [4.69, 9.17) is 0 Å². The third-order valence-corrected chi connectivity index (χ3v) is 20.5. The molecule has 0 aromatic carbocycles. The SMILES string of the molecule is CC(O)(CCN1CCCN(CCC(O)(P(=O)(O)O)P(=O)(O)O)CCN(CCC(O)(P(=O)(O)O)P(=O)(O)O)CCCN(CCC(C)(O)P(=O)(O)O)CC1)P(=O)(O)O. The summed E-state index contributed by atoms with van der Waals surface area (Å²) in [4.78, 5) is 122. The van der Waals surface area contributed by atoms with Gasteiger partial charge in [-0.15, -0.1) is 0 Å². The van der Waals surface area contributed by atoms with Crippen LogP contribution in [0.4, 0.5) is 0 Å². The minimum absolute atomic E-state index is 0.0542. The highest BCUT2D eigenvalue weighted by Crippen LogP contribution is 2.70. The number of hydrogen-bond donors (Lipinski definition) is 16. The largest absolute Gasteiger partial charge is 0.377 e. The Morgan fingerprint density at radius 2 is 0.554 bits per heavy atom. The van der Waals surface area contributed by atoms with Gasteiger partial charge in [0.2, 0.25) is 0 Å². The highest BCUT2D eigenvalue weighted by atomic mass is 31.2. The first-order chi connectivity index (χ1) is 24.8. The Bertz CT molecular complexity index is 1410. The Morgan fingerprint density at radius 1 is 0.357 bits per heavy atom. The van der Waals surface area contributed by atoms with Gasteiger partial charge in [-0.2, -0.15) is 0 Å². The van der Waals surface area contributed by atoms with Crippen LogP contribution in [0.2, 0.25) is 0 Å². The average Bonchev–Trinajstić information content (AvgIpc) is 2.99. The highest BCUT2D eigenvalue weighted by molar-refractivity contribution is 7.72. The molecule has 1 heterocycles. The standard InChI is InChI=1S/C24H58N4O22P6/c1-21(29,51(33,34)35)5-13-25-9-3-11-27(15-7-23(31,53(39,40)41)54(42,43)44)19-20-28(16-8-24(32,55(45,46)47)56(48,49)50)12-4-10-26(18-17-25)14-6-22(2,30)52(36,37)38/h29-32H,3-20H2,1-2H3,(H2,33,34,35)(H2,36,37,38)(H2,39,40,41)(H2,42,43,44)(H2,45,46,47)(H2,48,49,50). The van der Waals surface area contributed by atoms with E-state index < -0.39 is 105 Å². The van der Waals surface area contributed by atoms with Gasteiger partial charge in [-0.1, -0.05) is 0 Å². The summed E-state index contributed by atoms with van der Waals surface area (Å²) in [5.41, 5.74) is 0. The van der Waals surface area contributed by atoms with Gasteiger partial charge in [-0.25, -0.2) is 0 Å². The number of rotatable bonds is 18. The summed E-state index contributed by atoms with van der Waals surface area (Å²) in [5, 5.41) is 29.3. The van der Waals surface area contributed by atoms with Gasteiger partial charge < -0.3 is 98.7 Å². The normalized spacial score (nSPS) is 21.3. The topological polar surface area (TPSA) is 439 Å². The monoisotopic (exact) mass is 940 g/mol. The molecule has 336 valence electrons. The molecule has 0 aliphatic carbocycles. The second-order valence-electron chi connectivity index (χ2n) is 14.3. The number of nitrogens with zero attached hydrogens (tertiary/aromatic N) is 4. The predicted molar refractivity (Wildman–Crippen MR) is 197 cm³/mol. The lowest BCUT2D eigenvalue weighted by atomic mass is 10.2. The van der Waals surface area contributed by atoms with Crippen LogP contribution in [0.1, 0.15) is 52.4 Å². The molecule has 0 aromatic rings. The third kappa shape index (κ3) is 15.5. The maximum atomic E-state index is 12.0. The summed E-state index contributed by atoms with van der Waals surface area (Å²) in [7, 11) is -33.5. The summed E-state index contributed by atoms with van der Waals surface area (Å²) in [6.07, 6.45) is -2.97. The summed E-state index contributed by atoms with van der Waals surface area (Å²) < 4.78 is 71.8. The molecule has 0 saturated carbocycles. The van der Waals surface area contributed by atoms with Crippen molar-refractivity contribution < 1.29 is 107 Å². The molecule has 1 aliphatic heterocycles. The van der Waals surface area contributed by atoms with E-state index in [1.54, 1.807) is 9.80 Å². The molecule has 1 saturated heterocycles. The van der Waals surface area contributed by atoms with E-state index in [0.717, 1.165) is 13.8 Å². The lowest BCUT2D eigenvalue weighted by molar-refractivity contribution is 0.0714. The molecule has 1 fully saturated rings. The van der Waals surface area contributed by atoms with Gasteiger partial charge in [0.25, 0.3) is 10.2 Å². The van der Waals surface area contributed by atoms with Crippen LogP contribution < -0.4 is 0 Å². The average molecular weight is 941 g/mol. The second-order valence-corrected chi connectivity index (χ2v) is 26.4. The van der Waals surface area contributed by atoms with Crippen molar-refractivity contribution in [1.29, 1.82) is 0 Å². The van der Waals surface area contributed by atoms with Crippen molar-refractivity contribution in [2.24, 2.45) is 0 Å². The third-order valence-electron chi connectivity index (χ3n) is 9.81. The molecule has 0 spiro atoms. The molecule has 56 heavy (non-hydrogen) atoms. The fourth-order valence-electron chi connectivity index (χ4n) is 5.51. The van der Waals surface area contributed by atoms with E-state index >= 15 is 0 Å². The van der Waals surface area contributed by atoms with Gasteiger partial charge in [0.15, 0.2) is 10.7 Å². The van der Waals surface area contributed by atoms with Crippen molar-refractivity contribution in [2.75, 3.05) is 78.5 Å². The van der Waals surface area contributed by atoms with Crippen LogP contribution in [-0.4, -0.2) is 198 Å². The maximum Gasteiger partial charge on any atom is 0.369 e. The Kier molecular flexibility index (Phi) is 19.7. The van der Waals surface area contributed by atoms with Gasteiger partial charge in [-0.3, -0.25) is 27.4 Å². The Morgan fingerprint density at radius 3 is 0.732 bits per heavy atom. The molecule has 0 amide bonds. The fourth-order valence-corrected chi connectivity index (χ4v) is 10.6. The minimum Gasteiger partial charge on any atom is -0.377 e. The second kappa shape index (κ2) is 20.2. The minimum atomic E-state index is -5.87. The predicted octanol–water partition coefficient (Wildman–Crippen LogP) is -2.68. The van der Waals surface area contributed by atoms with Gasteiger partial charge in [0, 0.05) is 78.0 Å². The van der Waals surface area contributed by atoms with Gasteiger partial charge in [0.1, 0.15) is 0 Å². The first kappa shape index (κ1) is 54.6. The van der Waals surface area contributed by atoms with E-state index in [1.165, 1.54) is 9.80 Å². The van der Waals surface area contributed by atoms with E-state index in [-0.39, 0.29) is 78.3 Å². The molecule has 26 nitrogen and oxygen atoms in total. The van der Waals surface area contributed by atoms with Crippen molar-refractivity contribution >= 4 is 45.6 Å². The zero-order chi connectivity index (χ0) is 44.0. The van der Waals surface area contributed by atoms with Crippen LogP contribution in [0.5, 0.6) is 0 Å². The quantitative estimate of drug-likeness (QED) is 0.0623. The van der Waals surface area contributed by atoms with E-state index in [0.29, 0.717) is 0 Å². The van der Waals surface area contributed by atoms with Crippen LogP contribution in [0, 0.1) is 0 Å². The first-order valence-electron chi connectivity index (χ1n) is 16.9. The molecule has 0 aromatic heterocycles. The fraction of sp³-hybridized carbons (Fsp3) is 1.00. The van der Waals surface area contributed by atoms with Crippen molar-refractivity contribution in [3.63, 3.8) is 0 Å². The molecule has 2 unspecified atom stereocenters. The maximum absolute atomic E-state index is 12.0. The Balaban J connectivity index is 3.57. The molecule has 16 N–H and O–H groups in total. The number of aliphatic hydroxyl groups is 4. The van der Waals surface area contributed by atoms with Crippen LogP contribution in [-0.2, 0) is 27.4 Å². The molecule has 0 bridgehead atoms. The Hall–Kier alpha value is 0.580. The molecule has 0 radical (unpaired) electrons. The van der Waals surface area contributed by atoms with Gasteiger partial charge >= 0.3 is 45.6 Å². The van der Waals surface area contributed by atoms with E-state index in [1.807, 2.05) is 0 Å². The smallest absolute Gasteiger partial charge is 0.369 e. The molecule has 1 aliphatic rings. The van der Waals surface area contributed by atoms with Crippen LogP contribution in [0.25, 0.3) is 0 Å². The first-order valence-corrected chi connectivity index (χ1v) is 26.6. The van der Waals surface area contributed by atoms with Crippen LogP contribution in [0.3, 0.4) is 0 Å². The molecular formula is C24H58N4O22P6. The molecule has 32 heteroatoms. The summed E-state index contributed by atoms with van der Waals surface area (Å²) in [6, 6.07) is 0. The van der Waals surface area contributed by atoms with Gasteiger partial charge in [-0.05, 0) is 52.9 Å². The molecular weight excluding hydrogens is 882 g/mol. The highest BCUT2D eigenvalue weighted by Gasteiger charge is 2.60. The van der Waals surface area contributed by atoms with Crippen molar-refractivity contribution in [1.82, 2.24) is 19.6 Å². The number of hydrogen-bond acceptors (Lipinski definition) is 14.